The van der Waals surface area contributed by atoms with Gasteiger partial charge in [0.15, 0.2) is 0 Å². The summed E-state index contributed by atoms with van der Waals surface area (Å²) in [5.74, 6) is 5.03. The summed E-state index contributed by atoms with van der Waals surface area (Å²) >= 11 is 2.85. The van der Waals surface area contributed by atoms with Crippen molar-refractivity contribution in [3.63, 3.8) is 0 Å². The predicted octanol–water partition coefficient (Wildman–Crippen LogP) is 2.22. The average Bonchev–Trinajstić information content (AvgIpc) is 2.83. The van der Waals surface area contributed by atoms with E-state index in [1.54, 1.807) is 23.9 Å². The molecule has 1 amide bonds. The van der Waals surface area contributed by atoms with E-state index < -0.39 is 0 Å². The molecule has 0 saturated carbocycles. The maximum absolute atomic E-state index is 14.0. The Morgan fingerprint density at radius 2 is 2.30 bits per heavy atom. The summed E-state index contributed by atoms with van der Waals surface area (Å²) in [6.45, 7) is 2.53. The van der Waals surface area contributed by atoms with Crippen LogP contribution in [0.3, 0.4) is 0 Å². The summed E-state index contributed by atoms with van der Waals surface area (Å²) in [6.07, 6.45) is 0. The number of nitrogens with two attached hydrogens (primary N) is 2. The Labute approximate surface area is 124 Å². The Balaban J connectivity index is 2.49. The molecule has 4 nitrogen and oxygen atoms in total. The molecule has 0 bridgehead atoms. The topological polar surface area (TPSA) is 81.1 Å². The van der Waals surface area contributed by atoms with Crippen molar-refractivity contribution in [3.8, 4) is 0 Å². The van der Waals surface area contributed by atoms with Crippen molar-refractivity contribution in [2.45, 2.75) is 17.9 Å². The van der Waals surface area contributed by atoms with Crippen LogP contribution in [-0.2, 0) is 5.75 Å². The van der Waals surface area contributed by atoms with Gasteiger partial charge >= 0.3 is 0 Å². The van der Waals surface area contributed by atoms with Gasteiger partial charge in [-0.1, -0.05) is 13.0 Å². The van der Waals surface area contributed by atoms with Crippen molar-refractivity contribution < 1.29 is 9.18 Å². The zero-order valence-electron chi connectivity index (χ0n) is 11.0. The Bertz CT molecular complexity index is 629. The van der Waals surface area contributed by atoms with Crippen molar-refractivity contribution in [1.82, 2.24) is 5.43 Å². The summed E-state index contributed by atoms with van der Waals surface area (Å²) < 4.78 is 14.8. The first-order valence-electron chi connectivity index (χ1n) is 6.11. The van der Waals surface area contributed by atoms with Gasteiger partial charge in [-0.15, -0.1) is 11.3 Å². The fourth-order valence-corrected chi connectivity index (χ4v) is 3.95. The number of fused-ring (bicyclic) bond motifs is 1. The number of carbonyl (C=O) groups excluding carboxylic acids is 1. The van der Waals surface area contributed by atoms with E-state index in [-0.39, 0.29) is 17.0 Å². The van der Waals surface area contributed by atoms with Crippen molar-refractivity contribution in [2.24, 2.45) is 11.6 Å². The fraction of sp³-hybridized carbons (Fsp3) is 0.308. The average molecular weight is 313 g/mol. The second-order valence-electron chi connectivity index (χ2n) is 4.35. The first-order chi connectivity index (χ1) is 9.58. The van der Waals surface area contributed by atoms with Crippen LogP contribution in [0.5, 0.6) is 0 Å². The van der Waals surface area contributed by atoms with Crippen LogP contribution in [0.1, 0.15) is 22.2 Å². The van der Waals surface area contributed by atoms with Gasteiger partial charge in [0.25, 0.3) is 5.91 Å². The molecule has 0 fully saturated rings. The van der Waals surface area contributed by atoms with E-state index in [1.165, 1.54) is 17.4 Å². The number of thioether (sulfide) groups is 1. The Kier molecular flexibility index (Phi) is 4.98. The van der Waals surface area contributed by atoms with Crippen LogP contribution in [0.25, 0.3) is 10.1 Å². The highest BCUT2D eigenvalue weighted by Gasteiger charge is 2.20. The number of hydrazine groups is 1. The number of hydrogen-bond acceptors (Lipinski definition) is 5. The lowest BCUT2D eigenvalue weighted by Gasteiger charge is -2.09. The molecule has 108 valence electrons. The van der Waals surface area contributed by atoms with Gasteiger partial charge in [0.05, 0.1) is 4.88 Å². The highest BCUT2D eigenvalue weighted by molar-refractivity contribution is 7.99. The smallest absolute Gasteiger partial charge is 0.275 e. The second kappa shape index (κ2) is 6.53. The molecule has 0 radical (unpaired) electrons. The standard InChI is InChI=1S/C13H16FN3OS2/c1-7(5-15)19-6-8-11-9(14)3-2-4-10(11)20-12(8)13(18)17-16/h2-4,7H,5-6,15-16H2,1H3,(H,17,18). The van der Waals surface area contributed by atoms with Crippen molar-refractivity contribution in [2.75, 3.05) is 6.54 Å². The minimum absolute atomic E-state index is 0.241. The first kappa shape index (κ1) is 15.2. The molecule has 1 atom stereocenters. The minimum atomic E-state index is -0.387. The summed E-state index contributed by atoms with van der Waals surface area (Å²) in [5.41, 5.74) is 8.40. The lowest BCUT2D eigenvalue weighted by atomic mass is 10.1. The van der Waals surface area contributed by atoms with Crippen molar-refractivity contribution >= 4 is 39.1 Å². The summed E-state index contributed by atoms with van der Waals surface area (Å²) in [5, 5.41) is 0.748. The molecule has 1 aromatic heterocycles. The molecule has 0 spiro atoms. The number of nitrogen functional groups attached to an aromatic ring is 1. The quantitative estimate of drug-likeness (QED) is 0.449. The van der Waals surface area contributed by atoms with Gasteiger partial charge in [-0.25, -0.2) is 10.2 Å². The monoisotopic (exact) mass is 313 g/mol. The number of benzene rings is 1. The van der Waals surface area contributed by atoms with Gasteiger partial charge in [-0.05, 0) is 17.7 Å². The Hall–Kier alpha value is -1.15. The maximum atomic E-state index is 14.0. The van der Waals surface area contributed by atoms with Gasteiger partial charge in [-0.2, -0.15) is 11.8 Å². The highest BCUT2D eigenvalue weighted by atomic mass is 32.2. The molecule has 1 heterocycles. The third kappa shape index (κ3) is 2.95. The molecule has 2 rings (SSSR count). The van der Waals surface area contributed by atoms with Crippen LogP contribution in [0.4, 0.5) is 4.39 Å². The summed E-state index contributed by atoms with van der Waals surface area (Å²) in [6, 6.07) is 4.84. The minimum Gasteiger partial charge on any atom is -0.329 e. The van der Waals surface area contributed by atoms with Crippen molar-refractivity contribution in [3.05, 3.63) is 34.5 Å². The number of hydrogen-bond donors (Lipinski definition) is 3. The van der Waals surface area contributed by atoms with Gasteiger partial charge in [0.1, 0.15) is 5.82 Å². The van der Waals surface area contributed by atoms with Crippen LogP contribution in [0.15, 0.2) is 18.2 Å². The zero-order valence-corrected chi connectivity index (χ0v) is 12.6. The molecule has 5 N–H and O–H groups in total. The molecule has 0 aliphatic carbocycles. The third-order valence-electron chi connectivity index (χ3n) is 2.94. The van der Waals surface area contributed by atoms with E-state index in [9.17, 15) is 9.18 Å². The van der Waals surface area contributed by atoms with E-state index in [4.69, 9.17) is 11.6 Å². The third-order valence-corrected chi connectivity index (χ3v) is 5.36. The van der Waals surface area contributed by atoms with Gasteiger partial charge in [0, 0.05) is 27.6 Å². The number of amides is 1. The van der Waals surface area contributed by atoms with Gasteiger partial charge < -0.3 is 5.73 Å². The lowest BCUT2D eigenvalue weighted by Crippen LogP contribution is -2.30. The second-order valence-corrected chi connectivity index (χ2v) is 6.83. The molecule has 1 unspecified atom stereocenters. The van der Waals surface area contributed by atoms with Gasteiger partial charge in [0.2, 0.25) is 0 Å². The van der Waals surface area contributed by atoms with E-state index in [0.717, 1.165) is 4.70 Å². The van der Waals surface area contributed by atoms with Crippen LogP contribution >= 0.6 is 23.1 Å². The van der Waals surface area contributed by atoms with E-state index in [1.807, 2.05) is 6.92 Å². The molecule has 20 heavy (non-hydrogen) atoms. The Morgan fingerprint density at radius 1 is 1.55 bits per heavy atom. The largest absolute Gasteiger partial charge is 0.329 e. The van der Waals surface area contributed by atoms with Crippen molar-refractivity contribution in [1.29, 1.82) is 0 Å². The lowest BCUT2D eigenvalue weighted by molar-refractivity contribution is 0.0957. The van der Waals surface area contributed by atoms with Crippen LogP contribution < -0.4 is 17.0 Å². The molecular weight excluding hydrogens is 297 g/mol. The number of halogens is 1. The number of carbonyl (C=O) groups is 1. The van der Waals surface area contributed by atoms with E-state index in [2.05, 4.69) is 5.43 Å². The molecule has 0 aliphatic heterocycles. The fourth-order valence-electron chi connectivity index (χ4n) is 1.85. The van der Waals surface area contributed by atoms with Crippen LogP contribution in [-0.4, -0.2) is 17.7 Å². The maximum Gasteiger partial charge on any atom is 0.275 e. The Morgan fingerprint density at radius 3 is 2.95 bits per heavy atom. The van der Waals surface area contributed by atoms with E-state index >= 15 is 0 Å². The number of nitrogens with one attached hydrogen (secondary N) is 1. The number of thiophene rings is 1. The molecule has 7 heteroatoms. The van der Waals surface area contributed by atoms with Crippen LogP contribution in [0.2, 0.25) is 0 Å². The van der Waals surface area contributed by atoms with Crippen LogP contribution in [0, 0.1) is 5.82 Å². The molecular formula is C13H16FN3OS2. The summed E-state index contributed by atoms with van der Waals surface area (Å²) in [7, 11) is 0. The summed E-state index contributed by atoms with van der Waals surface area (Å²) in [4.78, 5) is 12.3. The normalized spacial score (nSPS) is 12.6. The highest BCUT2D eigenvalue weighted by Crippen LogP contribution is 2.36. The molecule has 2 aromatic rings. The molecule has 1 aromatic carbocycles. The molecule has 0 saturated heterocycles. The SMILES string of the molecule is CC(CN)SCc1c(C(=O)NN)sc2cccc(F)c12. The predicted molar refractivity (Wildman–Crippen MR) is 83.2 cm³/mol. The van der Waals surface area contributed by atoms with Gasteiger partial charge in [-0.3, -0.25) is 10.2 Å². The molecule has 0 aliphatic rings. The van der Waals surface area contributed by atoms with E-state index in [0.29, 0.717) is 28.1 Å². The zero-order chi connectivity index (χ0) is 14.7. The first-order valence-corrected chi connectivity index (χ1v) is 7.97. The number of rotatable bonds is 5.